The number of fused-ring (bicyclic) bond motifs is 1. The Hall–Kier alpha value is -3.64. The van der Waals surface area contributed by atoms with Gasteiger partial charge in [0.1, 0.15) is 24.0 Å². The van der Waals surface area contributed by atoms with Crippen molar-refractivity contribution in [3.8, 4) is 11.6 Å². The number of rotatable bonds is 11. The summed E-state index contributed by atoms with van der Waals surface area (Å²) in [6.45, 7) is 4.42. The minimum Gasteiger partial charge on any atom is -0.489 e. The lowest BCUT2D eigenvalue weighted by Crippen LogP contribution is -2.39. The molecule has 2 aliphatic carbocycles. The molecule has 0 unspecified atom stereocenters. The van der Waals surface area contributed by atoms with Crippen LogP contribution in [0.25, 0.3) is 5.52 Å². The number of nitrogens with two attached hydrogens (primary N) is 2. The first kappa shape index (κ1) is 26.9. The van der Waals surface area contributed by atoms with Gasteiger partial charge in [0.15, 0.2) is 0 Å². The predicted molar refractivity (Wildman–Crippen MR) is 143 cm³/mol. The number of pyridine rings is 1. The largest absolute Gasteiger partial charge is 0.489 e. The minimum atomic E-state index is -0.953. The third-order valence-corrected chi connectivity index (χ3v) is 7.11. The summed E-state index contributed by atoms with van der Waals surface area (Å²) in [6.07, 6.45) is 7.99. The fourth-order valence-corrected chi connectivity index (χ4v) is 4.99. The van der Waals surface area contributed by atoms with Crippen LogP contribution in [0.3, 0.4) is 0 Å². The van der Waals surface area contributed by atoms with Crippen LogP contribution >= 0.6 is 0 Å². The molecule has 0 aliphatic heterocycles. The number of aliphatic hydroxyl groups is 1. The van der Waals surface area contributed by atoms with Gasteiger partial charge in [0.05, 0.1) is 35.1 Å². The molecule has 0 spiro atoms. The zero-order valence-electron chi connectivity index (χ0n) is 22.4. The Bertz CT molecular complexity index is 1350. The van der Waals surface area contributed by atoms with E-state index in [1.54, 1.807) is 35.4 Å². The third-order valence-electron chi connectivity index (χ3n) is 7.11. The van der Waals surface area contributed by atoms with Crippen LogP contribution in [0.1, 0.15) is 84.7 Å². The second-order valence-electron chi connectivity index (χ2n) is 11.1. The topological polar surface area (TPSA) is 172 Å². The number of ether oxygens (including phenoxy) is 2. The van der Waals surface area contributed by atoms with Gasteiger partial charge in [-0.3, -0.25) is 14.3 Å². The van der Waals surface area contributed by atoms with Crippen LogP contribution in [0.4, 0.5) is 0 Å². The van der Waals surface area contributed by atoms with Crippen molar-refractivity contribution in [3.63, 3.8) is 0 Å². The molecule has 0 radical (unpaired) electrons. The van der Waals surface area contributed by atoms with Gasteiger partial charge in [-0.2, -0.15) is 5.10 Å². The fourth-order valence-electron chi connectivity index (χ4n) is 4.99. The number of hydrogen-bond acceptors (Lipinski definition) is 8. The number of nitrogens with zero attached hydrogens (tertiary/aromatic N) is 4. The van der Waals surface area contributed by atoms with E-state index >= 15 is 0 Å². The van der Waals surface area contributed by atoms with Crippen molar-refractivity contribution in [1.82, 2.24) is 24.7 Å². The van der Waals surface area contributed by atoms with Crippen molar-refractivity contribution in [1.29, 1.82) is 0 Å². The summed E-state index contributed by atoms with van der Waals surface area (Å²) in [7, 11) is 0. The van der Waals surface area contributed by atoms with Crippen LogP contribution in [0.2, 0.25) is 0 Å². The number of hydrogen-bond donors (Lipinski definition) is 4. The summed E-state index contributed by atoms with van der Waals surface area (Å²) >= 11 is 0. The second-order valence-corrected chi connectivity index (χ2v) is 11.1. The van der Waals surface area contributed by atoms with Crippen LogP contribution in [0.15, 0.2) is 24.5 Å². The molecule has 2 amide bonds. The van der Waals surface area contributed by atoms with E-state index in [2.05, 4.69) is 15.5 Å². The van der Waals surface area contributed by atoms with Crippen LogP contribution in [0.5, 0.6) is 11.6 Å². The standard InChI is InChI=1S/C27H37N7O5/c1-27(2,37)15-38-22-10-9-21-19(13-30-34(21)23(22)16-3-4-16)25(36)31-17-5-7-18(8-6-17)39-26-20(24(29)35)14-33(32-26)12-11-28/h9-10,13-14,16-18,37H,3-8,11-12,15,28H2,1-2H3,(H2,29,35)(H,31,36). The number of carbonyl (C=O) groups excluding carboxylic acids is 2. The van der Waals surface area contributed by atoms with Gasteiger partial charge >= 0.3 is 0 Å². The molecule has 0 atom stereocenters. The lowest BCUT2D eigenvalue weighted by molar-refractivity contribution is 0.0279. The van der Waals surface area contributed by atoms with Gasteiger partial charge in [-0.1, -0.05) is 0 Å². The fraction of sp³-hybridized carbons (Fsp3) is 0.556. The van der Waals surface area contributed by atoms with E-state index in [0.717, 1.165) is 36.9 Å². The highest BCUT2D eigenvalue weighted by Crippen LogP contribution is 2.44. The highest BCUT2D eigenvalue weighted by atomic mass is 16.5. The maximum absolute atomic E-state index is 13.2. The highest BCUT2D eigenvalue weighted by Gasteiger charge is 2.32. The molecular weight excluding hydrogens is 502 g/mol. The van der Waals surface area contributed by atoms with E-state index in [-0.39, 0.29) is 36.1 Å². The number of carbonyl (C=O) groups is 2. The molecule has 210 valence electrons. The van der Waals surface area contributed by atoms with Gasteiger partial charge in [-0.25, -0.2) is 4.52 Å². The quantitative estimate of drug-likeness (QED) is 0.285. The third kappa shape index (κ3) is 6.17. The molecule has 12 nitrogen and oxygen atoms in total. The number of primary amides is 1. The molecule has 3 aromatic rings. The second kappa shape index (κ2) is 10.9. The van der Waals surface area contributed by atoms with Crippen molar-refractivity contribution in [2.75, 3.05) is 13.2 Å². The average molecular weight is 540 g/mol. The van der Waals surface area contributed by atoms with Gasteiger partial charge in [-0.15, -0.1) is 5.10 Å². The first-order valence-electron chi connectivity index (χ1n) is 13.5. The van der Waals surface area contributed by atoms with Crippen LogP contribution in [-0.4, -0.2) is 67.2 Å². The van der Waals surface area contributed by atoms with E-state index in [0.29, 0.717) is 43.2 Å². The normalized spacial score (nSPS) is 19.7. The lowest BCUT2D eigenvalue weighted by Gasteiger charge is -2.29. The molecule has 12 heteroatoms. The first-order valence-corrected chi connectivity index (χ1v) is 13.5. The number of aromatic nitrogens is 4. The summed E-state index contributed by atoms with van der Waals surface area (Å²) in [5.41, 5.74) is 12.5. The van der Waals surface area contributed by atoms with Crippen molar-refractivity contribution < 1.29 is 24.2 Å². The van der Waals surface area contributed by atoms with Gasteiger partial charge < -0.3 is 31.4 Å². The van der Waals surface area contributed by atoms with E-state index in [1.165, 1.54) is 0 Å². The minimum absolute atomic E-state index is 0.00463. The lowest BCUT2D eigenvalue weighted by atomic mass is 9.92. The Morgan fingerprint density at radius 1 is 1.15 bits per heavy atom. The Kier molecular flexibility index (Phi) is 7.50. The summed E-state index contributed by atoms with van der Waals surface area (Å²) in [5, 5.41) is 22.1. The van der Waals surface area contributed by atoms with Gasteiger partial charge in [-0.05, 0) is 64.5 Å². The SMILES string of the molecule is CC(C)(O)COc1ccc2c(C(=O)NC3CCC(Oc4nn(CCN)cc4C(N)=O)CC3)cnn2c1C1CC1. The molecule has 2 fully saturated rings. The Morgan fingerprint density at radius 3 is 2.54 bits per heavy atom. The summed E-state index contributed by atoms with van der Waals surface area (Å²) in [4.78, 5) is 25.0. The van der Waals surface area contributed by atoms with Crippen molar-refractivity contribution in [2.24, 2.45) is 11.5 Å². The predicted octanol–water partition coefficient (Wildman–Crippen LogP) is 1.74. The van der Waals surface area contributed by atoms with Gasteiger partial charge in [0.25, 0.3) is 11.8 Å². The van der Waals surface area contributed by atoms with Crippen molar-refractivity contribution in [3.05, 3.63) is 41.3 Å². The smallest absolute Gasteiger partial charge is 0.255 e. The van der Waals surface area contributed by atoms with Crippen molar-refractivity contribution in [2.45, 2.75) is 82.6 Å². The maximum atomic E-state index is 13.2. The Labute approximate surface area is 226 Å². The molecule has 39 heavy (non-hydrogen) atoms. The molecule has 6 N–H and O–H groups in total. The Morgan fingerprint density at radius 2 is 1.90 bits per heavy atom. The van der Waals surface area contributed by atoms with Gasteiger partial charge in [0.2, 0.25) is 5.88 Å². The van der Waals surface area contributed by atoms with E-state index in [4.69, 9.17) is 20.9 Å². The van der Waals surface area contributed by atoms with E-state index in [9.17, 15) is 14.7 Å². The average Bonchev–Trinajstić information content (AvgIpc) is 3.50. The molecule has 0 bridgehead atoms. The van der Waals surface area contributed by atoms with Gasteiger partial charge in [0, 0.05) is 24.7 Å². The molecule has 3 aromatic heterocycles. The molecule has 0 aromatic carbocycles. The number of nitrogens with one attached hydrogen (secondary N) is 1. The van der Waals surface area contributed by atoms with Crippen LogP contribution < -0.4 is 26.3 Å². The molecular formula is C27H37N7O5. The summed E-state index contributed by atoms with van der Waals surface area (Å²) in [5.74, 6) is 0.481. The number of amides is 2. The monoisotopic (exact) mass is 539 g/mol. The van der Waals surface area contributed by atoms with Crippen molar-refractivity contribution >= 4 is 17.3 Å². The molecule has 2 aliphatic rings. The molecule has 3 heterocycles. The van der Waals surface area contributed by atoms with Crippen LogP contribution in [-0.2, 0) is 6.54 Å². The Balaban J connectivity index is 1.22. The zero-order valence-corrected chi connectivity index (χ0v) is 22.4. The summed E-state index contributed by atoms with van der Waals surface area (Å²) < 4.78 is 15.3. The molecule has 0 saturated heterocycles. The zero-order chi connectivity index (χ0) is 27.7. The molecule has 2 saturated carbocycles. The van der Waals surface area contributed by atoms with E-state index < -0.39 is 11.5 Å². The van der Waals surface area contributed by atoms with Crippen LogP contribution in [0, 0.1) is 0 Å². The summed E-state index contributed by atoms with van der Waals surface area (Å²) in [6, 6.07) is 3.71. The molecule has 5 rings (SSSR count). The first-order chi connectivity index (χ1) is 18.6. The maximum Gasteiger partial charge on any atom is 0.255 e. The highest BCUT2D eigenvalue weighted by molar-refractivity contribution is 6.01. The van der Waals surface area contributed by atoms with E-state index in [1.807, 2.05) is 12.1 Å².